The summed E-state index contributed by atoms with van der Waals surface area (Å²) < 4.78 is 5.57. The molecule has 0 fully saturated rings. The summed E-state index contributed by atoms with van der Waals surface area (Å²) in [5, 5.41) is 3.31. The summed E-state index contributed by atoms with van der Waals surface area (Å²) in [4.78, 5) is 30.8. The molecule has 0 N–H and O–H groups in total. The number of ketones is 1. The number of benzene rings is 3. The van der Waals surface area contributed by atoms with Crippen LogP contribution in [0.2, 0.25) is 18.1 Å². The van der Waals surface area contributed by atoms with Gasteiger partial charge in [0.2, 0.25) is 0 Å². The van der Waals surface area contributed by atoms with Crippen molar-refractivity contribution in [3.8, 4) is 0 Å². The van der Waals surface area contributed by atoms with Crippen LogP contribution in [0.5, 0.6) is 0 Å². The van der Waals surface area contributed by atoms with E-state index >= 15 is 0 Å². The van der Waals surface area contributed by atoms with Gasteiger partial charge in [-0.3, -0.25) is 4.79 Å². The van der Waals surface area contributed by atoms with Crippen molar-refractivity contribution in [2.45, 2.75) is 58.2 Å². The molecule has 0 heterocycles. The SMILES string of the molecule is CC(C)(C)[Si](C)(C)OOC(=O)CCCC(=O)C=P(c1ccccc1)(c1ccccc1)c1ccccc1. The average molecular weight is 521 g/mol. The number of Topliss-reactive ketones (excluding diaryl/α,β-unsaturated/α-hetero) is 1. The summed E-state index contributed by atoms with van der Waals surface area (Å²) in [5.74, 6) is 1.52. The van der Waals surface area contributed by atoms with Gasteiger partial charge in [-0.05, 0) is 53.1 Å². The van der Waals surface area contributed by atoms with Crippen LogP contribution >= 0.6 is 6.89 Å². The predicted octanol–water partition coefficient (Wildman–Crippen LogP) is 6.00. The molecule has 0 aliphatic carbocycles. The van der Waals surface area contributed by atoms with E-state index in [1.165, 1.54) is 0 Å². The Kier molecular flexibility index (Phi) is 9.29. The zero-order valence-electron chi connectivity index (χ0n) is 21.9. The van der Waals surface area contributed by atoms with E-state index in [0.717, 1.165) is 15.9 Å². The molecule has 4 nitrogen and oxygen atoms in total. The van der Waals surface area contributed by atoms with Crippen LogP contribution in [0.4, 0.5) is 0 Å². The molecular formula is C30H37O4PSi. The van der Waals surface area contributed by atoms with Gasteiger partial charge in [0.15, 0.2) is 5.78 Å². The van der Waals surface area contributed by atoms with Crippen molar-refractivity contribution >= 4 is 48.7 Å². The van der Waals surface area contributed by atoms with Crippen molar-refractivity contribution in [1.29, 1.82) is 0 Å². The Labute approximate surface area is 216 Å². The lowest BCUT2D eigenvalue weighted by Gasteiger charge is -2.33. The van der Waals surface area contributed by atoms with Crippen LogP contribution in [-0.4, -0.2) is 25.9 Å². The zero-order chi connectivity index (χ0) is 26.2. The molecule has 0 atom stereocenters. The summed E-state index contributed by atoms with van der Waals surface area (Å²) in [5.41, 5.74) is 0. The van der Waals surface area contributed by atoms with Crippen molar-refractivity contribution in [2.24, 2.45) is 0 Å². The molecule has 0 saturated heterocycles. The van der Waals surface area contributed by atoms with E-state index in [2.05, 4.69) is 57.2 Å². The highest BCUT2D eigenvalue weighted by Gasteiger charge is 2.40. The minimum absolute atomic E-state index is 0.0259. The molecule has 0 bridgehead atoms. The highest BCUT2D eigenvalue weighted by atomic mass is 31.2. The fraction of sp³-hybridized carbons (Fsp3) is 0.300. The average Bonchev–Trinajstić information content (AvgIpc) is 2.87. The molecule has 0 saturated carbocycles. The molecule has 0 spiro atoms. The molecular weight excluding hydrogens is 483 g/mol. The summed E-state index contributed by atoms with van der Waals surface area (Å²) in [7, 11) is -2.18. The van der Waals surface area contributed by atoms with Gasteiger partial charge in [0.25, 0.3) is 8.32 Å². The molecule has 0 radical (unpaired) electrons. The lowest BCUT2D eigenvalue weighted by Crippen LogP contribution is -2.41. The number of carbonyl (C=O) groups excluding carboxylic acids is 2. The number of hydrogen-bond acceptors (Lipinski definition) is 4. The first kappa shape index (κ1) is 27.9. The second-order valence-electron chi connectivity index (χ2n) is 10.5. The van der Waals surface area contributed by atoms with Crippen LogP contribution in [0.3, 0.4) is 0 Å². The normalized spacial score (nSPS) is 12.1. The predicted molar refractivity (Wildman–Crippen MR) is 154 cm³/mol. The highest BCUT2D eigenvalue weighted by Crippen LogP contribution is 2.43. The van der Waals surface area contributed by atoms with Crippen molar-refractivity contribution < 1.29 is 19.1 Å². The van der Waals surface area contributed by atoms with E-state index in [9.17, 15) is 9.59 Å². The quantitative estimate of drug-likeness (QED) is 0.142. The van der Waals surface area contributed by atoms with Gasteiger partial charge >= 0.3 is 5.97 Å². The molecule has 0 amide bonds. The van der Waals surface area contributed by atoms with Gasteiger partial charge in [-0.2, -0.15) is 0 Å². The van der Waals surface area contributed by atoms with Crippen LogP contribution in [0.15, 0.2) is 91.0 Å². The maximum absolute atomic E-state index is 13.4. The Morgan fingerprint density at radius 3 is 1.56 bits per heavy atom. The van der Waals surface area contributed by atoms with Gasteiger partial charge in [-0.1, -0.05) is 112 Å². The Morgan fingerprint density at radius 2 is 1.17 bits per heavy atom. The van der Waals surface area contributed by atoms with Gasteiger partial charge in [-0.25, -0.2) is 9.37 Å². The lowest BCUT2D eigenvalue weighted by molar-refractivity contribution is -0.221. The first-order valence-corrected chi connectivity index (χ1v) is 17.2. The molecule has 0 aliphatic heterocycles. The third-order valence-corrected chi connectivity index (χ3v) is 14.9. The smallest absolute Gasteiger partial charge is 0.310 e. The van der Waals surface area contributed by atoms with E-state index in [-0.39, 0.29) is 23.7 Å². The van der Waals surface area contributed by atoms with Gasteiger partial charge in [-0.15, -0.1) is 0 Å². The summed E-state index contributed by atoms with van der Waals surface area (Å²) >= 11 is 0. The first-order valence-electron chi connectivity index (χ1n) is 12.4. The van der Waals surface area contributed by atoms with Crippen LogP contribution in [0, 0.1) is 0 Å². The molecule has 0 aromatic heterocycles. The minimum atomic E-state index is -2.34. The van der Waals surface area contributed by atoms with Gasteiger partial charge in [0, 0.05) is 12.8 Å². The molecule has 0 unspecified atom stereocenters. The topological polar surface area (TPSA) is 52.6 Å². The Morgan fingerprint density at radius 1 is 0.750 bits per heavy atom. The van der Waals surface area contributed by atoms with Crippen LogP contribution in [0.1, 0.15) is 40.0 Å². The van der Waals surface area contributed by atoms with Crippen molar-refractivity contribution in [3.63, 3.8) is 0 Å². The second-order valence-corrected chi connectivity index (χ2v) is 18.4. The van der Waals surface area contributed by atoms with E-state index < -0.39 is 21.2 Å². The molecule has 3 aromatic rings. The van der Waals surface area contributed by atoms with Crippen LogP contribution in [0.25, 0.3) is 0 Å². The van der Waals surface area contributed by atoms with E-state index in [0.29, 0.717) is 6.42 Å². The third-order valence-electron chi connectivity index (χ3n) is 6.78. The number of rotatable bonds is 10. The fourth-order valence-electron chi connectivity index (χ4n) is 3.67. The first-order chi connectivity index (χ1) is 17.1. The lowest BCUT2D eigenvalue weighted by atomic mass is 10.2. The van der Waals surface area contributed by atoms with E-state index in [1.807, 2.05) is 73.5 Å². The molecule has 6 heteroatoms. The van der Waals surface area contributed by atoms with Gasteiger partial charge in [0.1, 0.15) is 0 Å². The van der Waals surface area contributed by atoms with E-state index in [1.54, 1.807) is 0 Å². The third kappa shape index (κ3) is 6.73. The van der Waals surface area contributed by atoms with Crippen LogP contribution in [-0.2, 0) is 19.1 Å². The standard InChI is InChI=1S/C30H37O4PSi/c1-30(2,3)36(4,5)34-33-29(32)23-15-16-25(31)24-35(26-17-9-6-10-18-26,27-19-11-7-12-20-27)28-21-13-8-14-22-28/h6-14,17-22,24H,15-16,23H2,1-5H3. The molecule has 36 heavy (non-hydrogen) atoms. The fourth-order valence-corrected chi connectivity index (χ4v) is 8.05. The molecule has 190 valence electrons. The van der Waals surface area contributed by atoms with Crippen molar-refractivity contribution in [1.82, 2.24) is 0 Å². The Bertz CT molecular complexity index is 1100. The monoisotopic (exact) mass is 520 g/mol. The molecule has 3 aromatic carbocycles. The summed E-state index contributed by atoms with van der Waals surface area (Å²) in [6.45, 7) is 7.98. The Balaban J connectivity index is 1.85. The second kappa shape index (κ2) is 12.0. The maximum Gasteiger partial charge on any atom is 0.340 e. The van der Waals surface area contributed by atoms with Gasteiger partial charge < -0.3 is 4.89 Å². The van der Waals surface area contributed by atoms with Crippen molar-refractivity contribution in [3.05, 3.63) is 91.0 Å². The highest BCUT2D eigenvalue weighted by molar-refractivity contribution is 7.95. The number of carbonyl (C=O) groups is 2. The maximum atomic E-state index is 13.4. The summed E-state index contributed by atoms with van der Waals surface area (Å²) in [6, 6.07) is 30.7. The van der Waals surface area contributed by atoms with E-state index in [4.69, 9.17) is 9.46 Å². The molecule has 3 rings (SSSR count). The zero-order valence-corrected chi connectivity index (χ0v) is 23.8. The molecule has 0 aliphatic rings. The Hall–Kier alpha value is -2.72. The van der Waals surface area contributed by atoms with Gasteiger partial charge in [0.05, 0.1) is 0 Å². The minimum Gasteiger partial charge on any atom is -0.310 e. The summed E-state index contributed by atoms with van der Waals surface area (Å²) in [6.07, 6.45) is 0.818. The number of hydrogen-bond donors (Lipinski definition) is 0. The largest absolute Gasteiger partial charge is 0.340 e. The van der Waals surface area contributed by atoms with Crippen LogP contribution < -0.4 is 15.9 Å². The van der Waals surface area contributed by atoms with Crippen molar-refractivity contribution in [2.75, 3.05) is 0 Å².